The van der Waals surface area contributed by atoms with E-state index in [2.05, 4.69) is 42.8 Å². The van der Waals surface area contributed by atoms with Gasteiger partial charge in [0.1, 0.15) is 6.04 Å². The fourth-order valence-electron chi connectivity index (χ4n) is 3.90. The first-order valence-corrected chi connectivity index (χ1v) is 10.8. The fourth-order valence-corrected chi connectivity index (χ4v) is 4.41. The van der Waals surface area contributed by atoms with Crippen LogP contribution in [-0.4, -0.2) is 22.0 Å². The molecular formula is C24H25Cl2N3O. The first-order valence-electron chi connectivity index (χ1n) is 10.0. The van der Waals surface area contributed by atoms with Crippen LogP contribution in [0.25, 0.3) is 0 Å². The number of carbonyl (C=O) groups excluding carboxylic acids is 1. The summed E-state index contributed by atoms with van der Waals surface area (Å²) in [6.07, 6.45) is 2.03. The number of urea groups is 1. The summed E-state index contributed by atoms with van der Waals surface area (Å²) in [5.41, 5.74) is 3.96. The molecule has 0 radical (unpaired) electrons. The van der Waals surface area contributed by atoms with E-state index in [1.54, 1.807) is 6.07 Å². The lowest BCUT2D eigenvalue weighted by atomic mass is 9.87. The molecule has 2 heterocycles. The molecule has 156 valence electrons. The number of anilines is 1. The molecule has 0 bridgehead atoms. The van der Waals surface area contributed by atoms with Crippen molar-refractivity contribution in [3.63, 3.8) is 0 Å². The Balaban J connectivity index is 1.64. The molecule has 3 aromatic rings. The number of nitrogens with zero attached hydrogens (tertiary/aromatic N) is 2. The van der Waals surface area contributed by atoms with E-state index in [-0.39, 0.29) is 17.5 Å². The summed E-state index contributed by atoms with van der Waals surface area (Å²) < 4.78 is 2.16. The molecule has 0 aliphatic carbocycles. The molecule has 0 spiro atoms. The van der Waals surface area contributed by atoms with Gasteiger partial charge in [-0.1, -0.05) is 62.2 Å². The zero-order valence-corrected chi connectivity index (χ0v) is 18.8. The smallest absolute Gasteiger partial charge is 0.322 e. The van der Waals surface area contributed by atoms with Gasteiger partial charge in [0.15, 0.2) is 0 Å². The second-order valence-corrected chi connectivity index (χ2v) is 9.49. The standard InChI is InChI=1S/C24H25Cl2N3O/c1-24(2,3)16-6-9-18(10-7-16)27-23(30)29-14-13-28-12-4-5-21(28)22(29)19-11-8-17(25)15-20(19)26/h4-12,15,22H,13-14H2,1-3H3,(H,27,30). The highest BCUT2D eigenvalue weighted by atomic mass is 35.5. The van der Waals surface area contributed by atoms with Crippen LogP contribution in [0.4, 0.5) is 10.5 Å². The molecule has 0 fully saturated rings. The third-order valence-electron chi connectivity index (χ3n) is 5.56. The van der Waals surface area contributed by atoms with Crippen LogP contribution in [0.5, 0.6) is 0 Å². The maximum absolute atomic E-state index is 13.3. The van der Waals surface area contributed by atoms with Crippen LogP contribution >= 0.6 is 23.2 Å². The minimum Gasteiger partial charge on any atom is -0.348 e. The number of amides is 2. The fraction of sp³-hybridized carbons (Fsp3) is 0.292. The lowest BCUT2D eigenvalue weighted by Gasteiger charge is -2.37. The topological polar surface area (TPSA) is 37.3 Å². The monoisotopic (exact) mass is 441 g/mol. The predicted octanol–water partition coefficient (Wildman–Crippen LogP) is 6.73. The first kappa shape index (κ1) is 20.8. The second-order valence-electron chi connectivity index (χ2n) is 8.65. The van der Waals surface area contributed by atoms with Crippen molar-refractivity contribution in [2.75, 3.05) is 11.9 Å². The second kappa shape index (κ2) is 8.01. The van der Waals surface area contributed by atoms with Crippen molar-refractivity contribution in [2.24, 2.45) is 0 Å². The molecule has 1 aromatic heterocycles. The average Bonchev–Trinajstić information content (AvgIpc) is 3.16. The van der Waals surface area contributed by atoms with Crippen LogP contribution in [0.1, 0.15) is 43.6 Å². The van der Waals surface area contributed by atoms with Gasteiger partial charge in [-0.2, -0.15) is 0 Å². The molecule has 6 heteroatoms. The molecule has 1 aliphatic heterocycles. The van der Waals surface area contributed by atoms with E-state index in [4.69, 9.17) is 23.2 Å². The lowest BCUT2D eigenvalue weighted by Crippen LogP contribution is -2.44. The normalized spacial score (nSPS) is 16.3. The number of halogens is 2. The number of hydrogen-bond acceptors (Lipinski definition) is 1. The quantitative estimate of drug-likeness (QED) is 0.470. The summed E-state index contributed by atoms with van der Waals surface area (Å²) in [4.78, 5) is 15.1. The largest absolute Gasteiger partial charge is 0.348 e. The van der Waals surface area contributed by atoms with Gasteiger partial charge >= 0.3 is 6.03 Å². The Hall–Kier alpha value is -2.43. The van der Waals surface area contributed by atoms with E-state index in [0.29, 0.717) is 16.6 Å². The van der Waals surface area contributed by atoms with Crippen LogP contribution in [0.3, 0.4) is 0 Å². The Morgan fingerprint density at radius 3 is 2.43 bits per heavy atom. The highest BCUT2D eigenvalue weighted by Crippen LogP contribution is 2.37. The molecule has 4 rings (SSSR count). The van der Waals surface area contributed by atoms with Crippen LogP contribution in [0.2, 0.25) is 10.0 Å². The van der Waals surface area contributed by atoms with Crippen molar-refractivity contribution >= 4 is 34.9 Å². The van der Waals surface area contributed by atoms with Crippen LogP contribution in [0.15, 0.2) is 60.8 Å². The lowest BCUT2D eigenvalue weighted by molar-refractivity contribution is 0.182. The number of hydrogen-bond donors (Lipinski definition) is 1. The summed E-state index contributed by atoms with van der Waals surface area (Å²) >= 11 is 12.6. The van der Waals surface area contributed by atoms with Crippen molar-refractivity contribution in [3.05, 3.63) is 87.7 Å². The molecule has 2 aromatic carbocycles. The SMILES string of the molecule is CC(C)(C)c1ccc(NC(=O)N2CCn3cccc3C2c2ccc(Cl)cc2Cl)cc1. The minimum absolute atomic E-state index is 0.0667. The molecule has 1 atom stereocenters. The number of rotatable bonds is 2. The summed E-state index contributed by atoms with van der Waals surface area (Å²) in [6.45, 7) is 7.83. The van der Waals surface area contributed by atoms with Gasteiger partial charge < -0.3 is 14.8 Å². The number of benzene rings is 2. The Labute approximate surface area is 187 Å². The molecule has 2 amide bonds. The Bertz CT molecular complexity index is 1070. The molecule has 1 N–H and O–H groups in total. The summed E-state index contributed by atoms with van der Waals surface area (Å²) in [5, 5.41) is 4.18. The van der Waals surface area contributed by atoms with Gasteiger partial charge in [-0.3, -0.25) is 0 Å². The Morgan fingerprint density at radius 1 is 1.03 bits per heavy atom. The van der Waals surface area contributed by atoms with E-state index in [1.807, 2.05) is 47.5 Å². The van der Waals surface area contributed by atoms with Gasteiger partial charge in [0.25, 0.3) is 0 Å². The number of fused-ring (bicyclic) bond motifs is 1. The molecule has 4 nitrogen and oxygen atoms in total. The Morgan fingerprint density at radius 2 is 1.77 bits per heavy atom. The van der Waals surface area contributed by atoms with Crippen molar-refractivity contribution < 1.29 is 4.79 Å². The number of carbonyl (C=O) groups is 1. The van der Waals surface area contributed by atoms with Gasteiger partial charge in [0.2, 0.25) is 0 Å². The van der Waals surface area contributed by atoms with Gasteiger partial charge in [-0.15, -0.1) is 0 Å². The van der Waals surface area contributed by atoms with E-state index in [1.165, 1.54) is 5.56 Å². The Kier molecular flexibility index (Phi) is 5.56. The third-order valence-corrected chi connectivity index (χ3v) is 6.12. The van der Waals surface area contributed by atoms with Crippen molar-refractivity contribution in [1.82, 2.24) is 9.47 Å². The molecular weight excluding hydrogens is 417 g/mol. The maximum Gasteiger partial charge on any atom is 0.322 e. The summed E-state index contributed by atoms with van der Waals surface area (Å²) in [6, 6.07) is 17.1. The van der Waals surface area contributed by atoms with Crippen molar-refractivity contribution in [1.29, 1.82) is 0 Å². The maximum atomic E-state index is 13.3. The average molecular weight is 442 g/mol. The first-order chi connectivity index (χ1) is 14.2. The van der Waals surface area contributed by atoms with Crippen LogP contribution in [-0.2, 0) is 12.0 Å². The van der Waals surface area contributed by atoms with Crippen molar-refractivity contribution in [2.45, 2.75) is 38.8 Å². The van der Waals surface area contributed by atoms with E-state index < -0.39 is 0 Å². The minimum atomic E-state index is -0.285. The molecule has 1 aliphatic rings. The number of aromatic nitrogens is 1. The van der Waals surface area contributed by atoms with Crippen molar-refractivity contribution in [3.8, 4) is 0 Å². The molecule has 0 saturated carbocycles. The molecule has 1 unspecified atom stereocenters. The third kappa shape index (κ3) is 4.07. The van der Waals surface area contributed by atoms with Gasteiger partial charge in [-0.05, 0) is 52.9 Å². The summed E-state index contributed by atoms with van der Waals surface area (Å²) in [7, 11) is 0. The van der Waals surface area contributed by atoms with E-state index in [9.17, 15) is 4.79 Å². The zero-order valence-electron chi connectivity index (χ0n) is 17.3. The predicted molar refractivity (Wildman–Crippen MR) is 124 cm³/mol. The van der Waals surface area contributed by atoms with Gasteiger partial charge in [-0.25, -0.2) is 4.79 Å². The highest BCUT2D eigenvalue weighted by molar-refractivity contribution is 6.35. The van der Waals surface area contributed by atoms with E-state index in [0.717, 1.165) is 23.5 Å². The molecule has 0 saturated heterocycles. The molecule has 30 heavy (non-hydrogen) atoms. The van der Waals surface area contributed by atoms with Crippen LogP contribution in [0, 0.1) is 0 Å². The summed E-state index contributed by atoms with van der Waals surface area (Å²) in [5.74, 6) is 0. The van der Waals surface area contributed by atoms with Crippen LogP contribution < -0.4 is 5.32 Å². The zero-order chi connectivity index (χ0) is 21.5. The number of nitrogens with one attached hydrogen (secondary N) is 1. The van der Waals surface area contributed by atoms with Gasteiger partial charge in [0.05, 0.1) is 0 Å². The van der Waals surface area contributed by atoms with Gasteiger partial charge in [0, 0.05) is 40.7 Å². The van der Waals surface area contributed by atoms with E-state index >= 15 is 0 Å². The highest BCUT2D eigenvalue weighted by Gasteiger charge is 2.33.